The molecule has 5 nitrogen and oxygen atoms in total. The highest BCUT2D eigenvalue weighted by Gasteiger charge is 2.08. The van der Waals surface area contributed by atoms with Gasteiger partial charge in [-0.2, -0.15) is 11.8 Å². The Morgan fingerprint density at radius 2 is 2.21 bits per heavy atom. The first-order valence-electron chi connectivity index (χ1n) is 5.31. The normalized spacial score (nSPS) is 9.58. The summed E-state index contributed by atoms with van der Waals surface area (Å²) < 4.78 is 4.65. The molecule has 7 heteroatoms. The van der Waals surface area contributed by atoms with E-state index in [1.165, 1.54) is 17.4 Å². The number of aryl methyl sites for hydroxylation is 1. The van der Waals surface area contributed by atoms with Crippen LogP contribution in [-0.2, 0) is 0 Å². The molecular weight excluding hydrogens is 286 g/mol. The number of hydrogen-bond donors (Lipinski definition) is 0. The molecule has 0 amide bonds. The smallest absolute Gasteiger partial charge is 0.406 e. The van der Waals surface area contributed by atoms with Crippen LogP contribution in [-0.4, -0.2) is 22.7 Å². The Bertz CT molecular complexity index is 534. The van der Waals surface area contributed by atoms with Crippen molar-refractivity contribution in [3.05, 3.63) is 50.4 Å². The number of furan rings is 1. The van der Waals surface area contributed by atoms with Crippen LogP contribution in [0.5, 0.6) is 0 Å². The van der Waals surface area contributed by atoms with E-state index < -0.39 is 4.92 Å². The zero-order chi connectivity index (χ0) is 14.3. The van der Waals surface area contributed by atoms with Crippen LogP contribution in [0.3, 0.4) is 0 Å². The van der Waals surface area contributed by atoms with Crippen molar-refractivity contribution in [2.75, 3.05) is 12.0 Å². The fraction of sp³-hybridized carbons (Fsp3) is 0.250. The van der Waals surface area contributed by atoms with Crippen molar-refractivity contribution < 1.29 is 14.1 Å². The predicted octanol–water partition coefficient (Wildman–Crippen LogP) is 3.79. The minimum atomic E-state index is -0.562. The van der Waals surface area contributed by atoms with Crippen LogP contribution in [0.4, 0.5) is 5.88 Å². The van der Waals surface area contributed by atoms with Crippen molar-refractivity contribution in [3.8, 4) is 0 Å². The Balaban J connectivity index is 0.000000191. The largest absolute Gasteiger partial charge is 0.433 e. The van der Waals surface area contributed by atoms with E-state index in [2.05, 4.69) is 4.42 Å². The maximum Gasteiger partial charge on any atom is 0.433 e. The molecule has 2 heterocycles. The second kappa shape index (κ2) is 7.75. The van der Waals surface area contributed by atoms with E-state index >= 15 is 0 Å². The molecule has 0 aliphatic heterocycles. The van der Waals surface area contributed by atoms with E-state index in [1.807, 2.05) is 23.8 Å². The van der Waals surface area contributed by atoms with Crippen molar-refractivity contribution in [3.63, 3.8) is 0 Å². The minimum absolute atomic E-state index is 0.201. The number of ketones is 1. The van der Waals surface area contributed by atoms with Gasteiger partial charge in [0.2, 0.25) is 0 Å². The van der Waals surface area contributed by atoms with Crippen LogP contribution >= 0.6 is 23.1 Å². The Kier molecular flexibility index (Phi) is 6.31. The molecule has 2 aromatic rings. The van der Waals surface area contributed by atoms with Crippen LogP contribution in [0.25, 0.3) is 0 Å². The molecule has 0 fully saturated rings. The number of Topliss-reactive ketones (excluding diaryl/α,β-unsaturated/α-hetero) is 1. The Morgan fingerprint density at radius 1 is 1.47 bits per heavy atom. The van der Waals surface area contributed by atoms with Gasteiger partial charge in [0.05, 0.1) is 16.7 Å². The molecule has 19 heavy (non-hydrogen) atoms. The molecule has 2 aromatic heterocycles. The number of nitro groups is 1. The Labute approximate surface area is 118 Å². The summed E-state index contributed by atoms with van der Waals surface area (Å²) in [5.41, 5.74) is 0. The number of carbonyl (C=O) groups is 1. The number of thioether (sulfide) groups is 1. The van der Waals surface area contributed by atoms with Gasteiger partial charge in [-0.25, -0.2) is 0 Å². The molecule has 0 aromatic carbocycles. The highest BCUT2D eigenvalue weighted by molar-refractivity contribution is 7.99. The highest BCUT2D eigenvalue weighted by atomic mass is 32.2. The molecule has 0 radical (unpaired) electrons. The quantitative estimate of drug-likeness (QED) is 0.488. The molecule has 102 valence electrons. The summed E-state index contributed by atoms with van der Waals surface area (Å²) in [6.45, 7) is 1.66. The summed E-state index contributed by atoms with van der Waals surface area (Å²) in [5, 5.41) is 11.9. The van der Waals surface area contributed by atoms with Crippen molar-refractivity contribution in [2.45, 2.75) is 6.92 Å². The Hall–Kier alpha value is -1.60. The van der Waals surface area contributed by atoms with Crippen molar-refractivity contribution >= 4 is 34.8 Å². The average Bonchev–Trinajstić information content (AvgIpc) is 3.00. The number of hydrogen-bond acceptors (Lipinski definition) is 6. The van der Waals surface area contributed by atoms with E-state index in [1.54, 1.807) is 24.8 Å². The van der Waals surface area contributed by atoms with Crippen LogP contribution < -0.4 is 0 Å². The van der Waals surface area contributed by atoms with Crippen molar-refractivity contribution in [1.82, 2.24) is 0 Å². The van der Waals surface area contributed by atoms with E-state index in [9.17, 15) is 14.9 Å². The fourth-order valence-electron chi connectivity index (χ4n) is 1.16. The van der Waals surface area contributed by atoms with Gasteiger partial charge < -0.3 is 4.42 Å². The first-order chi connectivity index (χ1) is 9.04. The molecule has 0 saturated heterocycles. The number of carbonyl (C=O) groups excluding carboxylic acids is 1. The molecule has 0 unspecified atom stereocenters. The molecule has 0 bridgehead atoms. The summed E-state index contributed by atoms with van der Waals surface area (Å²) >= 11 is 3.07. The molecular formula is C12H13NO4S2. The lowest BCUT2D eigenvalue weighted by atomic mass is 10.4. The predicted molar refractivity (Wildman–Crippen MR) is 77.1 cm³/mol. The average molecular weight is 299 g/mol. The summed E-state index contributed by atoms with van der Waals surface area (Å²) in [5.74, 6) is 1.19. The Morgan fingerprint density at radius 3 is 2.58 bits per heavy atom. The maximum absolute atomic E-state index is 11.1. The number of rotatable bonds is 4. The standard InChI is InChI=1S/C7H8OS2.C5H5NO3/c1-9-5-6(8)7-3-2-4-10-7;1-4-2-3-5(9-4)6(7)8/h2-4H,5H2,1H3;2-3H,1H3. The van der Waals surface area contributed by atoms with E-state index in [-0.39, 0.29) is 11.7 Å². The first-order valence-corrected chi connectivity index (χ1v) is 7.58. The maximum atomic E-state index is 11.1. The topological polar surface area (TPSA) is 73.3 Å². The zero-order valence-corrected chi connectivity index (χ0v) is 12.1. The van der Waals surface area contributed by atoms with Crippen molar-refractivity contribution in [1.29, 1.82) is 0 Å². The third kappa shape index (κ3) is 5.27. The van der Waals surface area contributed by atoms with Gasteiger partial charge in [0, 0.05) is 0 Å². The summed E-state index contributed by atoms with van der Waals surface area (Å²) in [4.78, 5) is 21.3. The van der Waals surface area contributed by atoms with Gasteiger partial charge in [-0.1, -0.05) is 6.07 Å². The SMILES string of the molecule is CSCC(=O)c1cccs1.Cc1ccc([N+](=O)[O-])o1. The molecule has 0 spiro atoms. The molecule has 0 saturated carbocycles. The van der Waals surface area contributed by atoms with Gasteiger partial charge in [0.1, 0.15) is 10.7 Å². The lowest BCUT2D eigenvalue weighted by Gasteiger charge is -1.90. The molecule has 0 aliphatic rings. The monoisotopic (exact) mass is 299 g/mol. The molecule has 0 atom stereocenters. The second-order valence-corrected chi connectivity index (χ2v) is 5.29. The van der Waals surface area contributed by atoms with Crippen LogP contribution in [0, 0.1) is 17.0 Å². The van der Waals surface area contributed by atoms with Gasteiger partial charge in [-0.3, -0.25) is 14.9 Å². The van der Waals surface area contributed by atoms with Gasteiger partial charge in [-0.15, -0.1) is 11.3 Å². The van der Waals surface area contributed by atoms with Gasteiger partial charge in [0.15, 0.2) is 5.78 Å². The number of nitrogens with zero attached hydrogens (tertiary/aromatic N) is 1. The highest BCUT2D eigenvalue weighted by Crippen LogP contribution is 2.13. The first kappa shape index (κ1) is 15.5. The lowest BCUT2D eigenvalue weighted by Crippen LogP contribution is -1.97. The third-order valence-electron chi connectivity index (χ3n) is 1.98. The van der Waals surface area contributed by atoms with E-state index in [0.29, 0.717) is 11.5 Å². The van der Waals surface area contributed by atoms with Gasteiger partial charge >= 0.3 is 5.88 Å². The summed E-state index contributed by atoms with van der Waals surface area (Å²) in [6, 6.07) is 6.65. The molecule has 0 N–H and O–H groups in total. The second-order valence-electron chi connectivity index (χ2n) is 3.47. The summed E-state index contributed by atoms with van der Waals surface area (Å²) in [6.07, 6.45) is 1.94. The number of thiophene rings is 1. The summed E-state index contributed by atoms with van der Waals surface area (Å²) in [7, 11) is 0. The van der Waals surface area contributed by atoms with Crippen LogP contribution in [0.15, 0.2) is 34.1 Å². The van der Waals surface area contributed by atoms with E-state index in [4.69, 9.17) is 0 Å². The molecule has 2 rings (SSSR count). The van der Waals surface area contributed by atoms with Gasteiger partial charge in [-0.05, 0) is 30.7 Å². The van der Waals surface area contributed by atoms with Crippen LogP contribution in [0.1, 0.15) is 15.4 Å². The minimum Gasteiger partial charge on any atom is -0.406 e. The van der Waals surface area contributed by atoms with Crippen molar-refractivity contribution in [2.24, 2.45) is 0 Å². The fourth-order valence-corrected chi connectivity index (χ4v) is 2.33. The van der Waals surface area contributed by atoms with Gasteiger partial charge in [0.25, 0.3) is 0 Å². The molecule has 0 aliphatic carbocycles. The lowest BCUT2D eigenvalue weighted by molar-refractivity contribution is -0.402. The third-order valence-corrected chi connectivity index (χ3v) is 3.44. The van der Waals surface area contributed by atoms with Crippen LogP contribution in [0.2, 0.25) is 0 Å². The zero-order valence-electron chi connectivity index (χ0n) is 10.5. The van der Waals surface area contributed by atoms with E-state index in [0.717, 1.165) is 4.88 Å².